The Morgan fingerprint density at radius 2 is 2.08 bits per heavy atom. The van der Waals surface area contributed by atoms with Crippen LogP contribution in [0.2, 0.25) is 0 Å². The van der Waals surface area contributed by atoms with Crippen molar-refractivity contribution in [2.45, 2.75) is 32.5 Å². The lowest BCUT2D eigenvalue weighted by atomic mass is 10.2. The lowest BCUT2D eigenvalue weighted by Gasteiger charge is -2.07. The number of aryl methyl sites for hydroxylation is 2. The molecule has 2 aromatic heterocycles. The molecule has 7 nitrogen and oxygen atoms in total. The molecule has 0 bridgehead atoms. The largest absolute Gasteiger partial charge is 0.459 e. The number of rotatable bonds is 4. The average molecular weight is 324 g/mol. The maximum absolute atomic E-state index is 12.6. The summed E-state index contributed by atoms with van der Waals surface area (Å²) < 4.78 is 8.40. The van der Waals surface area contributed by atoms with E-state index < -0.39 is 5.97 Å². The van der Waals surface area contributed by atoms with Crippen LogP contribution in [0.15, 0.2) is 41.5 Å². The maximum Gasteiger partial charge on any atom is 0.326 e. The first kappa shape index (κ1) is 14.6. The third-order valence-corrected chi connectivity index (χ3v) is 4.14. The molecule has 3 aromatic rings. The van der Waals surface area contributed by atoms with E-state index in [1.807, 2.05) is 34.9 Å². The molecule has 0 amide bonds. The molecule has 0 aliphatic carbocycles. The molecule has 3 heterocycles. The highest BCUT2D eigenvalue weighted by atomic mass is 16.5. The van der Waals surface area contributed by atoms with Crippen LogP contribution in [0.3, 0.4) is 0 Å². The predicted octanol–water partition coefficient (Wildman–Crippen LogP) is 1.28. The summed E-state index contributed by atoms with van der Waals surface area (Å²) in [4.78, 5) is 33.2. The monoisotopic (exact) mass is 324 g/mol. The number of fused-ring (bicyclic) bond motifs is 3. The molecule has 1 aromatic carbocycles. The van der Waals surface area contributed by atoms with Gasteiger partial charge in [-0.05, 0) is 12.0 Å². The van der Waals surface area contributed by atoms with Crippen molar-refractivity contribution in [2.75, 3.05) is 0 Å². The number of ether oxygens (including phenoxy) is 1. The second kappa shape index (κ2) is 5.92. The van der Waals surface area contributed by atoms with Crippen LogP contribution in [-0.2, 0) is 35.6 Å². The van der Waals surface area contributed by atoms with Crippen LogP contribution in [-0.4, -0.2) is 25.1 Å². The highest BCUT2D eigenvalue weighted by molar-refractivity contribution is 5.72. The average Bonchev–Trinajstić information content (AvgIpc) is 3.17. The number of aromatic nitrogens is 4. The van der Waals surface area contributed by atoms with Crippen molar-refractivity contribution in [3.63, 3.8) is 0 Å². The van der Waals surface area contributed by atoms with E-state index in [0.29, 0.717) is 11.2 Å². The SMILES string of the molecule is O=C(Cn1cnc2nc3n(c2c1=O)CCC3)OCc1ccccc1. The summed E-state index contributed by atoms with van der Waals surface area (Å²) in [6.45, 7) is 0.798. The molecule has 24 heavy (non-hydrogen) atoms. The van der Waals surface area contributed by atoms with Gasteiger partial charge in [-0.1, -0.05) is 30.3 Å². The Labute approximate surface area is 137 Å². The zero-order valence-electron chi connectivity index (χ0n) is 13.0. The normalized spacial score (nSPS) is 13.2. The lowest BCUT2D eigenvalue weighted by molar-refractivity contribution is -0.145. The first-order chi connectivity index (χ1) is 11.7. The van der Waals surface area contributed by atoms with Gasteiger partial charge < -0.3 is 9.30 Å². The van der Waals surface area contributed by atoms with E-state index in [1.54, 1.807) is 0 Å². The van der Waals surface area contributed by atoms with Gasteiger partial charge in [0.2, 0.25) is 0 Å². The molecule has 4 rings (SSSR count). The van der Waals surface area contributed by atoms with Crippen molar-refractivity contribution in [1.29, 1.82) is 0 Å². The van der Waals surface area contributed by atoms with Crippen LogP contribution in [0.4, 0.5) is 0 Å². The van der Waals surface area contributed by atoms with Crippen molar-refractivity contribution in [3.8, 4) is 0 Å². The van der Waals surface area contributed by atoms with Gasteiger partial charge in [0.25, 0.3) is 5.56 Å². The second-order valence-corrected chi connectivity index (χ2v) is 5.78. The van der Waals surface area contributed by atoms with Gasteiger partial charge in [-0.25, -0.2) is 9.97 Å². The molecule has 0 saturated heterocycles. The van der Waals surface area contributed by atoms with Crippen LogP contribution in [0, 0.1) is 0 Å². The van der Waals surface area contributed by atoms with E-state index in [4.69, 9.17) is 4.74 Å². The predicted molar refractivity (Wildman–Crippen MR) is 86.3 cm³/mol. The number of carbonyl (C=O) groups is 1. The first-order valence-corrected chi connectivity index (χ1v) is 7.86. The van der Waals surface area contributed by atoms with Crippen molar-refractivity contribution < 1.29 is 9.53 Å². The standard InChI is InChI=1S/C17H16N4O3/c22-14(24-10-12-5-2-1-3-6-12)9-20-11-18-16-15(17(20)23)21-8-4-7-13(21)19-16/h1-3,5-6,11H,4,7-10H2. The number of carbonyl (C=O) groups excluding carboxylic acids is 1. The molecular weight excluding hydrogens is 308 g/mol. The molecule has 0 unspecified atom stereocenters. The van der Waals surface area contributed by atoms with E-state index in [-0.39, 0.29) is 18.7 Å². The van der Waals surface area contributed by atoms with Gasteiger partial charge in [-0.2, -0.15) is 0 Å². The van der Waals surface area contributed by atoms with Gasteiger partial charge in [0, 0.05) is 13.0 Å². The Bertz CT molecular complexity index is 959. The molecule has 0 spiro atoms. The highest BCUT2D eigenvalue weighted by Crippen LogP contribution is 2.18. The van der Waals surface area contributed by atoms with E-state index in [2.05, 4.69) is 9.97 Å². The molecule has 122 valence electrons. The van der Waals surface area contributed by atoms with Crippen LogP contribution in [0.5, 0.6) is 0 Å². The van der Waals surface area contributed by atoms with Crippen molar-refractivity contribution in [2.24, 2.45) is 0 Å². The van der Waals surface area contributed by atoms with Crippen molar-refractivity contribution >= 4 is 17.1 Å². The third-order valence-electron chi connectivity index (χ3n) is 4.14. The lowest BCUT2D eigenvalue weighted by Crippen LogP contribution is -2.26. The van der Waals surface area contributed by atoms with Crippen LogP contribution >= 0.6 is 0 Å². The molecular formula is C17H16N4O3. The number of hydrogen-bond donors (Lipinski definition) is 0. The van der Waals surface area contributed by atoms with Gasteiger partial charge >= 0.3 is 5.97 Å². The first-order valence-electron chi connectivity index (χ1n) is 7.86. The topological polar surface area (TPSA) is 79.0 Å². The molecule has 0 fully saturated rings. The van der Waals surface area contributed by atoms with E-state index >= 15 is 0 Å². The van der Waals surface area contributed by atoms with Crippen LogP contribution < -0.4 is 5.56 Å². The Morgan fingerprint density at radius 3 is 2.92 bits per heavy atom. The molecule has 7 heteroatoms. The summed E-state index contributed by atoms with van der Waals surface area (Å²) in [7, 11) is 0. The van der Waals surface area contributed by atoms with Gasteiger partial charge in [-0.3, -0.25) is 14.2 Å². The molecule has 0 radical (unpaired) electrons. The fourth-order valence-corrected chi connectivity index (χ4v) is 2.96. The Morgan fingerprint density at radius 1 is 1.25 bits per heavy atom. The van der Waals surface area contributed by atoms with Crippen LogP contribution in [0.1, 0.15) is 17.8 Å². The highest BCUT2D eigenvalue weighted by Gasteiger charge is 2.20. The molecule has 1 aliphatic rings. The molecule has 1 aliphatic heterocycles. The number of benzene rings is 1. The second-order valence-electron chi connectivity index (χ2n) is 5.78. The summed E-state index contributed by atoms with van der Waals surface area (Å²) in [5.41, 5.74) is 1.57. The van der Waals surface area contributed by atoms with Gasteiger partial charge in [-0.15, -0.1) is 0 Å². The summed E-state index contributed by atoms with van der Waals surface area (Å²) in [6.07, 6.45) is 3.19. The summed E-state index contributed by atoms with van der Waals surface area (Å²) in [5.74, 6) is 0.419. The third kappa shape index (κ3) is 2.58. The molecule has 0 atom stereocenters. The zero-order chi connectivity index (χ0) is 16.5. The minimum Gasteiger partial charge on any atom is -0.459 e. The maximum atomic E-state index is 12.6. The van der Waals surface area contributed by atoms with E-state index in [1.165, 1.54) is 10.9 Å². The van der Waals surface area contributed by atoms with Gasteiger partial charge in [0.15, 0.2) is 11.2 Å². The Hall–Kier alpha value is -2.96. The summed E-state index contributed by atoms with van der Waals surface area (Å²) >= 11 is 0. The fraction of sp³-hybridized carbons (Fsp3) is 0.294. The fourth-order valence-electron chi connectivity index (χ4n) is 2.96. The number of nitrogens with zero attached hydrogens (tertiary/aromatic N) is 4. The Kier molecular flexibility index (Phi) is 3.60. The summed E-state index contributed by atoms with van der Waals surface area (Å²) in [5, 5.41) is 0. The molecule has 0 N–H and O–H groups in total. The minimum absolute atomic E-state index is 0.158. The number of hydrogen-bond acceptors (Lipinski definition) is 5. The zero-order valence-corrected chi connectivity index (χ0v) is 13.0. The number of esters is 1. The van der Waals surface area contributed by atoms with E-state index in [9.17, 15) is 9.59 Å². The van der Waals surface area contributed by atoms with E-state index in [0.717, 1.165) is 30.8 Å². The number of imidazole rings is 1. The minimum atomic E-state index is -0.469. The van der Waals surface area contributed by atoms with Crippen molar-refractivity contribution in [3.05, 3.63) is 58.4 Å². The smallest absolute Gasteiger partial charge is 0.326 e. The quantitative estimate of drug-likeness (QED) is 0.676. The van der Waals surface area contributed by atoms with Gasteiger partial charge in [0.1, 0.15) is 25.3 Å². The summed E-state index contributed by atoms with van der Waals surface area (Å²) in [6, 6.07) is 9.42. The Balaban J connectivity index is 1.53. The molecule has 0 saturated carbocycles. The van der Waals surface area contributed by atoms with Crippen LogP contribution in [0.25, 0.3) is 11.2 Å². The van der Waals surface area contributed by atoms with Crippen molar-refractivity contribution in [1.82, 2.24) is 19.1 Å². The van der Waals surface area contributed by atoms with Gasteiger partial charge in [0.05, 0.1) is 0 Å².